The van der Waals surface area contributed by atoms with E-state index < -0.39 is 17.2 Å². The third-order valence-corrected chi connectivity index (χ3v) is 5.18. The van der Waals surface area contributed by atoms with Crippen molar-refractivity contribution in [2.45, 2.75) is 52.8 Å². The van der Waals surface area contributed by atoms with Gasteiger partial charge in [0.15, 0.2) is 11.2 Å². The number of nitrogens with zero attached hydrogens (tertiary/aromatic N) is 3. The van der Waals surface area contributed by atoms with Gasteiger partial charge in [-0.05, 0) is 31.0 Å². The van der Waals surface area contributed by atoms with E-state index in [9.17, 15) is 14.4 Å². The molecular formula is C20H22Cl2N4O4. The number of aromatic nitrogens is 4. The lowest BCUT2D eigenvalue weighted by Crippen LogP contribution is -2.31. The first-order valence-corrected chi connectivity index (χ1v) is 10.5. The van der Waals surface area contributed by atoms with Gasteiger partial charge >= 0.3 is 11.7 Å². The molecule has 1 N–H and O–H groups in total. The third kappa shape index (κ3) is 4.44. The minimum atomic E-state index is -0.635. The third-order valence-electron chi connectivity index (χ3n) is 4.63. The van der Waals surface area contributed by atoms with Gasteiger partial charge in [0.25, 0.3) is 5.56 Å². The van der Waals surface area contributed by atoms with Crippen molar-refractivity contribution in [3.05, 3.63) is 60.5 Å². The van der Waals surface area contributed by atoms with Gasteiger partial charge in [-0.1, -0.05) is 43.5 Å². The van der Waals surface area contributed by atoms with Crippen LogP contribution in [0.3, 0.4) is 0 Å². The van der Waals surface area contributed by atoms with Gasteiger partial charge in [0.2, 0.25) is 0 Å². The van der Waals surface area contributed by atoms with Crippen molar-refractivity contribution in [1.29, 1.82) is 0 Å². The van der Waals surface area contributed by atoms with Gasteiger partial charge in [-0.2, -0.15) is 0 Å². The lowest BCUT2D eigenvalue weighted by molar-refractivity contribution is 0.0458. The molecule has 0 unspecified atom stereocenters. The maximum absolute atomic E-state index is 12.5. The highest BCUT2D eigenvalue weighted by atomic mass is 35.5. The molecule has 30 heavy (non-hydrogen) atoms. The highest BCUT2D eigenvalue weighted by Crippen LogP contribution is 2.22. The van der Waals surface area contributed by atoms with Crippen molar-refractivity contribution in [3.63, 3.8) is 0 Å². The molecule has 2 heterocycles. The zero-order valence-electron chi connectivity index (χ0n) is 16.7. The highest BCUT2D eigenvalue weighted by Gasteiger charge is 2.20. The molecule has 0 aliphatic carbocycles. The Bertz CT molecular complexity index is 1200. The van der Waals surface area contributed by atoms with E-state index >= 15 is 0 Å². The first kappa shape index (κ1) is 22.1. The topological polar surface area (TPSA) is 99.0 Å². The van der Waals surface area contributed by atoms with Crippen LogP contribution in [0.2, 0.25) is 10.0 Å². The predicted octanol–water partition coefficient (Wildman–Crippen LogP) is 3.76. The van der Waals surface area contributed by atoms with Gasteiger partial charge in [-0.3, -0.25) is 14.3 Å². The van der Waals surface area contributed by atoms with E-state index in [1.807, 2.05) is 13.8 Å². The van der Waals surface area contributed by atoms with Crippen molar-refractivity contribution in [2.24, 2.45) is 0 Å². The molecule has 3 rings (SSSR count). The molecule has 0 bridgehead atoms. The van der Waals surface area contributed by atoms with Crippen LogP contribution in [0.15, 0.2) is 27.8 Å². The second kappa shape index (κ2) is 9.49. The molecule has 0 spiro atoms. The molecule has 0 radical (unpaired) electrons. The molecule has 0 saturated heterocycles. The number of carbonyl (C=O) groups is 1. The molecule has 3 aromatic rings. The summed E-state index contributed by atoms with van der Waals surface area (Å²) in [7, 11) is 0. The Morgan fingerprint density at radius 3 is 2.57 bits per heavy atom. The number of fused-ring (bicyclic) bond motifs is 1. The Labute approximate surface area is 182 Å². The number of halogens is 2. The fourth-order valence-corrected chi connectivity index (χ4v) is 3.66. The summed E-state index contributed by atoms with van der Waals surface area (Å²) >= 11 is 11.9. The number of nitrogens with one attached hydrogen (secondary N) is 1. The molecule has 0 aliphatic rings. The maximum Gasteiger partial charge on any atom is 0.340 e. The van der Waals surface area contributed by atoms with Gasteiger partial charge in [0.1, 0.15) is 12.4 Å². The minimum absolute atomic E-state index is 0.173. The maximum atomic E-state index is 12.5. The highest BCUT2D eigenvalue weighted by molar-refractivity contribution is 6.36. The molecule has 0 amide bonds. The number of esters is 1. The van der Waals surface area contributed by atoms with Crippen LogP contribution in [0.1, 0.15) is 49.3 Å². The Balaban J connectivity index is 1.99. The van der Waals surface area contributed by atoms with E-state index in [2.05, 4.69) is 9.97 Å². The summed E-state index contributed by atoms with van der Waals surface area (Å²) in [6.45, 7) is 4.71. The van der Waals surface area contributed by atoms with Crippen LogP contribution >= 0.6 is 23.2 Å². The number of ether oxygens (including phenoxy) is 1. The number of rotatable bonds is 8. The zero-order valence-corrected chi connectivity index (χ0v) is 18.2. The zero-order chi connectivity index (χ0) is 21.8. The first-order chi connectivity index (χ1) is 14.4. The molecular weight excluding hydrogens is 431 g/mol. The molecule has 8 nitrogen and oxygen atoms in total. The number of hydrogen-bond donors (Lipinski definition) is 1. The Kier molecular flexibility index (Phi) is 6.99. The largest absolute Gasteiger partial charge is 0.454 e. The summed E-state index contributed by atoms with van der Waals surface area (Å²) in [4.78, 5) is 44.1. The van der Waals surface area contributed by atoms with Crippen LogP contribution in [0.5, 0.6) is 0 Å². The van der Waals surface area contributed by atoms with Crippen molar-refractivity contribution in [1.82, 2.24) is 19.1 Å². The fraction of sp³-hybridized carbons (Fsp3) is 0.400. The molecule has 0 atom stereocenters. The van der Waals surface area contributed by atoms with E-state index in [4.69, 9.17) is 27.9 Å². The number of aryl methyl sites for hydroxylation is 2. The van der Waals surface area contributed by atoms with E-state index in [1.54, 1.807) is 10.6 Å². The number of imidazole rings is 1. The minimum Gasteiger partial charge on any atom is -0.454 e. The van der Waals surface area contributed by atoms with E-state index in [0.717, 1.165) is 19.3 Å². The summed E-state index contributed by atoms with van der Waals surface area (Å²) in [6.07, 6.45) is 2.37. The van der Waals surface area contributed by atoms with Crippen molar-refractivity contribution in [3.8, 4) is 0 Å². The predicted molar refractivity (Wildman–Crippen MR) is 115 cm³/mol. The van der Waals surface area contributed by atoms with E-state index in [-0.39, 0.29) is 17.2 Å². The summed E-state index contributed by atoms with van der Waals surface area (Å²) in [5.41, 5.74) is -0.248. The van der Waals surface area contributed by atoms with Crippen LogP contribution in [-0.2, 0) is 24.4 Å². The van der Waals surface area contributed by atoms with Gasteiger partial charge in [-0.15, -0.1) is 0 Å². The van der Waals surface area contributed by atoms with Crippen LogP contribution in [0.4, 0.5) is 0 Å². The van der Waals surface area contributed by atoms with E-state index in [1.165, 1.54) is 16.7 Å². The fourth-order valence-electron chi connectivity index (χ4n) is 3.18. The van der Waals surface area contributed by atoms with Gasteiger partial charge in [0, 0.05) is 18.1 Å². The standard InChI is InChI=1S/C20H22Cl2N4O4/c1-3-5-9-26-17-16(18(27)24-20(26)29)25(8-4-2)15(23-17)11-30-19(28)13-7-6-12(21)10-14(13)22/h6-7,10H,3-5,8-9,11H2,1-2H3,(H,24,27,29). The summed E-state index contributed by atoms with van der Waals surface area (Å²) in [5.74, 6) is -0.254. The quantitative estimate of drug-likeness (QED) is 0.524. The van der Waals surface area contributed by atoms with Gasteiger partial charge in [0.05, 0.1) is 10.6 Å². The normalized spacial score (nSPS) is 11.2. The van der Waals surface area contributed by atoms with Crippen molar-refractivity contribution in [2.75, 3.05) is 0 Å². The molecule has 160 valence electrons. The molecule has 0 aliphatic heterocycles. The van der Waals surface area contributed by atoms with Crippen molar-refractivity contribution >= 4 is 40.3 Å². The number of H-pyrrole nitrogens is 1. The van der Waals surface area contributed by atoms with Crippen LogP contribution in [0, 0.1) is 0 Å². The molecule has 0 fully saturated rings. The lowest BCUT2D eigenvalue weighted by atomic mass is 10.2. The average molecular weight is 453 g/mol. The lowest BCUT2D eigenvalue weighted by Gasteiger charge is -2.09. The summed E-state index contributed by atoms with van der Waals surface area (Å²) in [5, 5.41) is 0.588. The van der Waals surface area contributed by atoms with Crippen LogP contribution in [-0.4, -0.2) is 25.1 Å². The van der Waals surface area contributed by atoms with Gasteiger partial charge in [-0.25, -0.2) is 14.6 Å². The monoisotopic (exact) mass is 452 g/mol. The Morgan fingerprint density at radius 2 is 1.90 bits per heavy atom. The second-order valence-electron chi connectivity index (χ2n) is 6.82. The number of unbranched alkanes of at least 4 members (excludes halogenated alkanes) is 1. The molecule has 1 aromatic carbocycles. The number of carbonyl (C=O) groups excluding carboxylic acids is 1. The number of benzene rings is 1. The number of hydrogen-bond acceptors (Lipinski definition) is 5. The van der Waals surface area contributed by atoms with Crippen molar-refractivity contribution < 1.29 is 9.53 Å². The SMILES string of the molecule is CCCCn1c(=O)[nH]c(=O)c2c1nc(COC(=O)c1ccc(Cl)cc1Cl)n2CCC. The summed E-state index contributed by atoms with van der Waals surface area (Å²) in [6, 6.07) is 4.48. The average Bonchev–Trinajstić information content (AvgIpc) is 3.05. The smallest absolute Gasteiger partial charge is 0.340 e. The van der Waals surface area contributed by atoms with Gasteiger partial charge < -0.3 is 9.30 Å². The van der Waals surface area contributed by atoms with Crippen LogP contribution < -0.4 is 11.2 Å². The second-order valence-corrected chi connectivity index (χ2v) is 7.66. The Morgan fingerprint density at radius 1 is 1.13 bits per heavy atom. The van der Waals surface area contributed by atoms with E-state index in [0.29, 0.717) is 35.1 Å². The Hall–Kier alpha value is -2.58. The first-order valence-electron chi connectivity index (χ1n) is 9.71. The molecule has 10 heteroatoms. The summed E-state index contributed by atoms with van der Waals surface area (Å²) < 4.78 is 8.53. The molecule has 0 saturated carbocycles. The number of aromatic amines is 1. The van der Waals surface area contributed by atoms with Crippen LogP contribution in [0.25, 0.3) is 11.2 Å². The molecule has 2 aromatic heterocycles.